The van der Waals surface area contributed by atoms with Crippen LogP contribution in [0.1, 0.15) is 15.9 Å². The van der Waals surface area contributed by atoms with Crippen LogP contribution in [0.2, 0.25) is 0 Å². The summed E-state index contributed by atoms with van der Waals surface area (Å²) in [4.78, 5) is 12.3. The summed E-state index contributed by atoms with van der Waals surface area (Å²) in [6.45, 7) is 1.89. The van der Waals surface area contributed by atoms with Gasteiger partial charge in [-0.3, -0.25) is 4.79 Å². The number of hydrogen-bond donors (Lipinski definition) is 1. The van der Waals surface area contributed by atoms with Crippen LogP contribution in [0, 0.1) is 6.92 Å². The van der Waals surface area contributed by atoms with Crippen molar-refractivity contribution in [3.05, 3.63) is 65.7 Å². The molecule has 0 aliphatic heterocycles. The lowest BCUT2D eigenvalue weighted by Gasteiger charge is -2.26. The molecule has 0 unspecified atom stereocenters. The average Bonchev–Trinajstić information content (AvgIpc) is 2.46. The molecule has 0 heterocycles. The number of carbonyl (C=O) groups excluding carboxylic acids is 1. The first-order valence-electron chi connectivity index (χ1n) is 6.52. The summed E-state index contributed by atoms with van der Waals surface area (Å²) in [5, 5.41) is 2.59. The molecule has 0 aromatic heterocycles. The maximum absolute atomic E-state index is 12.3. The third-order valence-electron chi connectivity index (χ3n) is 2.84. The molecule has 116 valence electrons. The van der Waals surface area contributed by atoms with Gasteiger partial charge in [-0.1, -0.05) is 70.7 Å². The normalized spacial score (nSPS) is 12.5. The second kappa shape index (κ2) is 7.23. The zero-order chi connectivity index (χ0) is 16.2. The summed E-state index contributed by atoms with van der Waals surface area (Å²) in [6, 6.07) is 15.9. The highest BCUT2D eigenvalue weighted by atomic mass is 35.6. The van der Waals surface area contributed by atoms with Crippen molar-refractivity contribution in [2.75, 3.05) is 0 Å². The van der Waals surface area contributed by atoms with Crippen LogP contribution >= 0.6 is 34.8 Å². The van der Waals surface area contributed by atoms with Gasteiger partial charge in [0.25, 0.3) is 5.91 Å². The van der Waals surface area contributed by atoms with E-state index in [0.29, 0.717) is 11.3 Å². The maximum Gasteiger partial charge on any atom is 0.254 e. The Morgan fingerprint density at radius 3 is 2.36 bits per heavy atom. The van der Waals surface area contributed by atoms with Gasteiger partial charge >= 0.3 is 0 Å². The van der Waals surface area contributed by atoms with E-state index in [4.69, 9.17) is 39.5 Å². The summed E-state index contributed by atoms with van der Waals surface area (Å²) >= 11 is 17.7. The van der Waals surface area contributed by atoms with Crippen LogP contribution in [0.3, 0.4) is 0 Å². The van der Waals surface area contributed by atoms with Gasteiger partial charge in [-0.25, -0.2) is 0 Å². The first kappa shape index (κ1) is 16.9. The number of halogens is 3. The summed E-state index contributed by atoms with van der Waals surface area (Å²) in [7, 11) is 0. The SMILES string of the molecule is Cc1cccc(C(=O)N[C@@H](Oc2ccccc2)C(Cl)(Cl)Cl)c1. The summed E-state index contributed by atoms with van der Waals surface area (Å²) in [5.74, 6) is 0.110. The Morgan fingerprint density at radius 2 is 1.77 bits per heavy atom. The standard InChI is InChI=1S/C16H14Cl3NO2/c1-11-6-5-7-12(10-11)14(21)20-15(16(17,18)19)22-13-8-3-2-4-9-13/h2-10,15H,1H3,(H,20,21)/t15-/m0/s1. The molecule has 0 saturated heterocycles. The van der Waals surface area contributed by atoms with Crippen molar-refractivity contribution >= 4 is 40.7 Å². The first-order valence-corrected chi connectivity index (χ1v) is 7.65. The molecule has 1 atom stereocenters. The van der Waals surface area contributed by atoms with E-state index >= 15 is 0 Å². The van der Waals surface area contributed by atoms with E-state index in [1.807, 2.05) is 19.1 Å². The van der Waals surface area contributed by atoms with Crippen molar-refractivity contribution < 1.29 is 9.53 Å². The van der Waals surface area contributed by atoms with Crippen LogP contribution in [0.4, 0.5) is 0 Å². The molecule has 0 radical (unpaired) electrons. The molecule has 0 aliphatic carbocycles. The zero-order valence-electron chi connectivity index (χ0n) is 11.7. The largest absolute Gasteiger partial charge is 0.466 e. The minimum Gasteiger partial charge on any atom is -0.466 e. The molecular formula is C16H14Cl3NO2. The number of nitrogens with one attached hydrogen (secondary N) is 1. The fourth-order valence-electron chi connectivity index (χ4n) is 1.80. The molecule has 0 spiro atoms. The van der Waals surface area contributed by atoms with E-state index in [-0.39, 0.29) is 5.91 Å². The Labute approximate surface area is 144 Å². The van der Waals surface area contributed by atoms with Gasteiger partial charge in [0, 0.05) is 5.56 Å². The van der Waals surface area contributed by atoms with Crippen LogP contribution in [-0.4, -0.2) is 15.9 Å². The van der Waals surface area contributed by atoms with E-state index in [9.17, 15) is 4.79 Å². The molecule has 3 nitrogen and oxygen atoms in total. The van der Waals surface area contributed by atoms with Crippen LogP contribution in [-0.2, 0) is 0 Å². The molecule has 0 bridgehead atoms. The monoisotopic (exact) mass is 357 g/mol. The first-order chi connectivity index (χ1) is 10.4. The van der Waals surface area contributed by atoms with Gasteiger partial charge < -0.3 is 10.1 Å². The third-order valence-corrected chi connectivity index (χ3v) is 3.43. The summed E-state index contributed by atoms with van der Waals surface area (Å²) < 4.78 is 3.76. The quantitative estimate of drug-likeness (QED) is 0.645. The van der Waals surface area contributed by atoms with Crippen molar-refractivity contribution in [3.63, 3.8) is 0 Å². The molecule has 22 heavy (non-hydrogen) atoms. The van der Waals surface area contributed by atoms with Crippen molar-refractivity contribution in [1.82, 2.24) is 5.32 Å². The number of aryl methyl sites for hydroxylation is 1. The number of amides is 1. The Kier molecular flexibility index (Phi) is 5.57. The maximum atomic E-state index is 12.3. The molecule has 2 aromatic rings. The van der Waals surface area contributed by atoms with Gasteiger partial charge in [0.15, 0.2) is 0 Å². The Hall–Kier alpha value is -1.42. The van der Waals surface area contributed by atoms with Crippen molar-refractivity contribution in [2.24, 2.45) is 0 Å². The van der Waals surface area contributed by atoms with Gasteiger partial charge in [-0.15, -0.1) is 0 Å². The lowest BCUT2D eigenvalue weighted by molar-refractivity contribution is 0.0833. The molecule has 6 heteroatoms. The molecule has 0 aliphatic rings. The molecule has 0 saturated carbocycles. The number of para-hydroxylation sites is 1. The summed E-state index contributed by atoms with van der Waals surface area (Å²) in [6.07, 6.45) is -1.12. The fraction of sp³-hybridized carbons (Fsp3) is 0.188. The molecule has 2 rings (SSSR count). The molecule has 1 amide bonds. The number of rotatable bonds is 4. The Bertz CT molecular complexity index is 641. The number of benzene rings is 2. The van der Waals surface area contributed by atoms with Crippen molar-refractivity contribution in [1.29, 1.82) is 0 Å². The van der Waals surface area contributed by atoms with E-state index in [2.05, 4.69) is 5.32 Å². The number of hydrogen-bond acceptors (Lipinski definition) is 2. The predicted octanol–water partition coefficient (Wildman–Crippen LogP) is 4.50. The van der Waals surface area contributed by atoms with E-state index < -0.39 is 10.0 Å². The third kappa shape index (κ3) is 4.80. The van der Waals surface area contributed by atoms with Crippen molar-refractivity contribution in [3.8, 4) is 5.75 Å². The van der Waals surface area contributed by atoms with Gasteiger partial charge in [0.05, 0.1) is 0 Å². The zero-order valence-corrected chi connectivity index (χ0v) is 14.0. The minimum atomic E-state index is -1.81. The number of carbonyl (C=O) groups is 1. The lowest BCUT2D eigenvalue weighted by Crippen LogP contribution is -2.47. The van der Waals surface area contributed by atoms with Gasteiger partial charge in [-0.2, -0.15) is 0 Å². The highest BCUT2D eigenvalue weighted by Gasteiger charge is 2.36. The highest BCUT2D eigenvalue weighted by molar-refractivity contribution is 6.68. The predicted molar refractivity (Wildman–Crippen MR) is 89.8 cm³/mol. The van der Waals surface area contributed by atoms with E-state index in [0.717, 1.165) is 5.56 Å². The van der Waals surface area contributed by atoms with Gasteiger partial charge in [0.1, 0.15) is 5.75 Å². The van der Waals surface area contributed by atoms with Gasteiger partial charge in [0.2, 0.25) is 10.0 Å². The van der Waals surface area contributed by atoms with Gasteiger partial charge in [-0.05, 0) is 31.2 Å². The van der Waals surface area contributed by atoms with E-state index in [1.54, 1.807) is 42.5 Å². The van der Waals surface area contributed by atoms with Crippen LogP contribution in [0.15, 0.2) is 54.6 Å². The molecule has 2 aromatic carbocycles. The van der Waals surface area contributed by atoms with Crippen molar-refractivity contribution in [2.45, 2.75) is 16.9 Å². The van der Waals surface area contributed by atoms with E-state index in [1.165, 1.54) is 0 Å². The second-order valence-electron chi connectivity index (χ2n) is 4.70. The minimum absolute atomic E-state index is 0.379. The average molecular weight is 359 g/mol. The van der Waals surface area contributed by atoms with Crippen LogP contribution < -0.4 is 10.1 Å². The number of alkyl halides is 3. The molecule has 0 fully saturated rings. The molecule has 1 N–H and O–H groups in total. The summed E-state index contributed by atoms with van der Waals surface area (Å²) in [5.41, 5.74) is 1.43. The van der Waals surface area contributed by atoms with Crippen LogP contribution in [0.25, 0.3) is 0 Å². The molecular weight excluding hydrogens is 345 g/mol. The highest BCUT2D eigenvalue weighted by Crippen LogP contribution is 2.32. The lowest BCUT2D eigenvalue weighted by atomic mass is 10.1. The second-order valence-corrected chi connectivity index (χ2v) is 7.06. The number of ether oxygens (including phenoxy) is 1. The van der Waals surface area contributed by atoms with Crippen LogP contribution in [0.5, 0.6) is 5.75 Å². The topological polar surface area (TPSA) is 38.3 Å². The Balaban J connectivity index is 2.15. The smallest absolute Gasteiger partial charge is 0.254 e. The Morgan fingerprint density at radius 1 is 1.09 bits per heavy atom. The fourth-order valence-corrected chi connectivity index (χ4v) is 2.10.